The number of nitrogens with one attached hydrogen (secondary N) is 1. The summed E-state index contributed by atoms with van der Waals surface area (Å²) in [5.74, 6) is -0.632. The fourth-order valence-corrected chi connectivity index (χ4v) is 2.53. The van der Waals surface area contributed by atoms with Gasteiger partial charge in [0.05, 0.1) is 5.69 Å². The second-order valence-electron chi connectivity index (χ2n) is 5.60. The van der Waals surface area contributed by atoms with Crippen LogP contribution in [0.3, 0.4) is 0 Å². The van der Waals surface area contributed by atoms with Gasteiger partial charge in [0.25, 0.3) is 5.91 Å². The molecule has 122 valence electrons. The Morgan fingerprint density at radius 1 is 1.13 bits per heavy atom. The van der Waals surface area contributed by atoms with Crippen molar-refractivity contribution in [2.24, 2.45) is 0 Å². The van der Waals surface area contributed by atoms with E-state index in [2.05, 4.69) is 10.5 Å². The number of aromatic nitrogens is 1. The van der Waals surface area contributed by atoms with Crippen LogP contribution < -0.4 is 5.32 Å². The standard InChI is InChI=1S/C17H20N2O4/c1-9-6-10(2)16(11(3)7-9)18-14(20)8-22-17(21)15-12(4)19-23-13(15)5/h6-7H,8H2,1-5H3,(H,18,20). The third-order valence-electron chi connectivity index (χ3n) is 3.51. The maximum atomic E-state index is 12.0. The lowest BCUT2D eigenvalue weighted by Gasteiger charge is -2.13. The molecule has 0 aliphatic carbocycles. The van der Waals surface area contributed by atoms with Gasteiger partial charge in [0.15, 0.2) is 6.61 Å². The van der Waals surface area contributed by atoms with E-state index in [1.165, 1.54) is 0 Å². The Balaban J connectivity index is 2.00. The van der Waals surface area contributed by atoms with E-state index in [4.69, 9.17) is 9.26 Å². The number of esters is 1. The molecular formula is C17H20N2O4. The minimum absolute atomic E-state index is 0.264. The molecule has 0 saturated carbocycles. The fraction of sp³-hybridized carbons (Fsp3) is 0.353. The molecule has 0 aliphatic rings. The summed E-state index contributed by atoms with van der Waals surface area (Å²) >= 11 is 0. The van der Waals surface area contributed by atoms with Crippen molar-refractivity contribution >= 4 is 17.6 Å². The van der Waals surface area contributed by atoms with Crippen molar-refractivity contribution in [2.75, 3.05) is 11.9 Å². The van der Waals surface area contributed by atoms with Crippen molar-refractivity contribution < 1.29 is 18.8 Å². The second-order valence-corrected chi connectivity index (χ2v) is 5.60. The van der Waals surface area contributed by atoms with Gasteiger partial charge in [-0.1, -0.05) is 22.9 Å². The number of carbonyl (C=O) groups is 2. The van der Waals surface area contributed by atoms with Crippen molar-refractivity contribution in [3.05, 3.63) is 45.8 Å². The average Bonchev–Trinajstić information content (AvgIpc) is 2.79. The van der Waals surface area contributed by atoms with E-state index in [9.17, 15) is 9.59 Å². The van der Waals surface area contributed by atoms with E-state index in [1.54, 1.807) is 13.8 Å². The fourth-order valence-electron chi connectivity index (χ4n) is 2.53. The van der Waals surface area contributed by atoms with Crippen LogP contribution in [0, 0.1) is 34.6 Å². The molecule has 0 atom stereocenters. The van der Waals surface area contributed by atoms with Gasteiger partial charge in [-0.2, -0.15) is 0 Å². The lowest BCUT2D eigenvalue weighted by atomic mass is 10.1. The molecule has 1 heterocycles. The van der Waals surface area contributed by atoms with Gasteiger partial charge in [0.1, 0.15) is 11.3 Å². The minimum Gasteiger partial charge on any atom is -0.452 e. The number of nitrogens with zero attached hydrogens (tertiary/aromatic N) is 1. The first-order valence-corrected chi connectivity index (χ1v) is 7.27. The van der Waals surface area contributed by atoms with Crippen LogP contribution in [0.1, 0.15) is 38.5 Å². The number of carbonyl (C=O) groups excluding carboxylic acids is 2. The van der Waals surface area contributed by atoms with Gasteiger partial charge in [-0.05, 0) is 45.7 Å². The molecule has 0 aliphatic heterocycles. The smallest absolute Gasteiger partial charge is 0.344 e. The number of amides is 1. The number of anilines is 1. The molecule has 0 unspecified atom stereocenters. The normalized spacial score (nSPS) is 10.5. The summed E-state index contributed by atoms with van der Waals surface area (Å²) in [6.07, 6.45) is 0. The number of rotatable bonds is 4. The maximum Gasteiger partial charge on any atom is 0.344 e. The Hall–Kier alpha value is -2.63. The van der Waals surface area contributed by atoms with Gasteiger partial charge in [-0.25, -0.2) is 4.79 Å². The molecule has 2 rings (SSSR count). The van der Waals surface area contributed by atoms with Crippen LogP contribution in [0.5, 0.6) is 0 Å². The molecule has 1 N–H and O–H groups in total. The molecule has 0 radical (unpaired) electrons. The maximum absolute atomic E-state index is 12.0. The predicted octanol–water partition coefficient (Wildman–Crippen LogP) is 3.01. The zero-order valence-electron chi connectivity index (χ0n) is 13.9. The summed E-state index contributed by atoms with van der Waals surface area (Å²) in [5, 5.41) is 6.47. The summed E-state index contributed by atoms with van der Waals surface area (Å²) < 4.78 is 9.94. The summed E-state index contributed by atoms with van der Waals surface area (Å²) in [7, 11) is 0. The highest BCUT2D eigenvalue weighted by Gasteiger charge is 2.20. The number of ether oxygens (including phenoxy) is 1. The van der Waals surface area contributed by atoms with Crippen molar-refractivity contribution in [2.45, 2.75) is 34.6 Å². The molecule has 0 saturated heterocycles. The first-order valence-electron chi connectivity index (χ1n) is 7.27. The minimum atomic E-state index is -0.617. The molecule has 0 fully saturated rings. The van der Waals surface area contributed by atoms with Crippen molar-refractivity contribution in [3.63, 3.8) is 0 Å². The molecule has 6 heteroatoms. The lowest BCUT2D eigenvalue weighted by molar-refractivity contribution is -0.119. The number of hydrogen-bond donors (Lipinski definition) is 1. The van der Waals surface area contributed by atoms with Gasteiger partial charge in [0.2, 0.25) is 0 Å². The molecule has 0 bridgehead atoms. The topological polar surface area (TPSA) is 81.4 Å². The first kappa shape index (κ1) is 16.7. The number of hydrogen-bond acceptors (Lipinski definition) is 5. The van der Waals surface area contributed by atoms with E-state index >= 15 is 0 Å². The highest BCUT2D eigenvalue weighted by Crippen LogP contribution is 2.21. The highest BCUT2D eigenvalue weighted by molar-refractivity contribution is 5.97. The van der Waals surface area contributed by atoms with E-state index < -0.39 is 5.97 Å². The van der Waals surface area contributed by atoms with E-state index in [0.29, 0.717) is 11.5 Å². The van der Waals surface area contributed by atoms with Crippen LogP contribution in [0.25, 0.3) is 0 Å². The Morgan fingerprint density at radius 3 is 2.26 bits per heavy atom. The molecular weight excluding hydrogens is 296 g/mol. The number of benzene rings is 1. The Kier molecular flexibility index (Phi) is 4.83. The van der Waals surface area contributed by atoms with E-state index in [1.807, 2.05) is 32.9 Å². The van der Waals surface area contributed by atoms with Gasteiger partial charge < -0.3 is 14.6 Å². The second kappa shape index (κ2) is 6.64. The zero-order valence-corrected chi connectivity index (χ0v) is 13.9. The summed E-state index contributed by atoms with van der Waals surface area (Å²) in [6.45, 7) is 8.74. The van der Waals surface area contributed by atoms with Crippen LogP contribution in [-0.4, -0.2) is 23.6 Å². The van der Waals surface area contributed by atoms with Gasteiger partial charge in [-0.3, -0.25) is 4.79 Å². The largest absolute Gasteiger partial charge is 0.452 e. The monoisotopic (exact) mass is 316 g/mol. The summed E-state index contributed by atoms with van der Waals surface area (Å²) in [5.41, 5.74) is 4.51. The van der Waals surface area contributed by atoms with Crippen LogP contribution in [-0.2, 0) is 9.53 Å². The van der Waals surface area contributed by atoms with Crippen LogP contribution in [0.2, 0.25) is 0 Å². The average molecular weight is 316 g/mol. The molecule has 2 aromatic rings. The van der Waals surface area contributed by atoms with E-state index in [-0.39, 0.29) is 18.1 Å². The van der Waals surface area contributed by atoms with Gasteiger partial charge in [-0.15, -0.1) is 0 Å². The Labute approximate surface area is 134 Å². The molecule has 6 nitrogen and oxygen atoms in total. The molecule has 23 heavy (non-hydrogen) atoms. The van der Waals surface area contributed by atoms with Crippen LogP contribution >= 0.6 is 0 Å². The quantitative estimate of drug-likeness (QED) is 0.877. The van der Waals surface area contributed by atoms with Crippen molar-refractivity contribution in [3.8, 4) is 0 Å². The van der Waals surface area contributed by atoms with Crippen molar-refractivity contribution in [1.29, 1.82) is 0 Å². The highest BCUT2D eigenvalue weighted by atomic mass is 16.5. The van der Waals surface area contributed by atoms with Gasteiger partial charge >= 0.3 is 5.97 Å². The predicted molar refractivity (Wildman–Crippen MR) is 85.5 cm³/mol. The molecule has 1 aromatic heterocycles. The van der Waals surface area contributed by atoms with Gasteiger partial charge in [0, 0.05) is 5.69 Å². The van der Waals surface area contributed by atoms with Crippen LogP contribution in [0.4, 0.5) is 5.69 Å². The SMILES string of the molecule is Cc1cc(C)c(NC(=O)COC(=O)c2c(C)noc2C)c(C)c1. The van der Waals surface area contributed by atoms with Crippen molar-refractivity contribution in [1.82, 2.24) is 5.16 Å². The Morgan fingerprint density at radius 2 is 1.74 bits per heavy atom. The molecule has 0 spiro atoms. The third-order valence-corrected chi connectivity index (χ3v) is 3.51. The summed E-state index contributed by atoms with van der Waals surface area (Å²) in [4.78, 5) is 24.0. The Bertz CT molecular complexity index is 719. The third kappa shape index (κ3) is 3.77. The lowest BCUT2D eigenvalue weighted by Crippen LogP contribution is -2.22. The number of aryl methyl sites for hydroxylation is 5. The zero-order chi connectivity index (χ0) is 17.1. The van der Waals surface area contributed by atoms with E-state index in [0.717, 1.165) is 22.4 Å². The first-order chi connectivity index (χ1) is 10.8. The molecule has 1 amide bonds. The molecule has 1 aromatic carbocycles. The summed E-state index contributed by atoms with van der Waals surface area (Å²) in [6, 6.07) is 3.97. The van der Waals surface area contributed by atoms with Crippen LogP contribution in [0.15, 0.2) is 16.7 Å².